The molecular formula is C22H31N3O3. The molecule has 28 heavy (non-hydrogen) atoms. The van der Waals surface area contributed by atoms with E-state index in [1.807, 2.05) is 13.8 Å². The fourth-order valence-corrected chi connectivity index (χ4v) is 4.10. The molecule has 6 nitrogen and oxygen atoms in total. The maximum atomic E-state index is 13.2. The molecule has 0 aromatic heterocycles. The molecule has 1 heterocycles. The standard InChI is InChI=1S/C22H31N3O3/c1-15(2)20-22(28)25(18-13-9-8-12-17(18)21(27)24-20)14-19(26)23-16-10-6-4-3-5-7-11-16/h8-9,12-13,15-16,20H,3-7,10-11,14H2,1-2H3,(H,23,26)(H,24,27). The smallest absolute Gasteiger partial charge is 0.254 e. The number of hydrogen-bond acceptors (Lipinski definition) is 3. The monoisotopic (exact) mass is 385 g/mol. The highest BCUT2D eigenvalue weighted by molar-refractivity contribution is 6.12. The van der Waals surface area contributed by atoms with Crippen LogP contribution in [0.1, 0.15) is 69.2 Å². The number of anilines is 1. The van der Waals surface area contributed by atoms with Gasteiger partial charge in [-0.15, -0.1) is 0 Å². The number of fused-ring (bicyclic) bond motifs is 1. The maximum absolute atomic E-state index is 13.2. The van der Waals surface area contributed by atoms with Crippen molar-refractivity contribution in [3.8, 4) is 0 Å². The molecule has 1 atom stereocenters. The minimum atomic E-state index is -0.644. The van der Waals surface area contributed by atoms with Crippen LogP contribution < -0.4 is 15.5 Å². The molecule has 152 valence electrons. The van der Waals surface area contributed by atoms with Crippen molar-refractivity contribution < 1.29 is 14.4 Å². The molecule has 1 aromatic carbocycles. The van der Waals surface area contributed by atoms with Crippen molar-refractivity contribution in [2.24, 2.45) is 5.92 Å². The molecule has 1 unspecified atom stereocenters. The summed E-state index contributed by atoms with van der Waals surface area (Å²) in [4.78, 5) is 40.0. The number of hydrogen-bond donors (Lipinski definition) is 2. The van der Waals surface area contributed by atoms with Crippen molar-refractivity contribution in [3.05, 3.63) is 29.8 Å². The van der Waals surface area contributed by atoms with E-state index in [9.17, 15) is 14.4 Å². The average molecular weight is 386 g/mol. The van der Waals surface area contributed by atoms with E-state index in [2.05, 4.69) is 10.6 Å². The van der Waals surface area contributed by atoms with Crippen molar-refractivity contribution in [1.29, 1.82) is 0 Å². The van der Waals surface area contributed by atoms with Crippen molar-refractivity contribution >= 4 is 23.4 Å². The Bertz CT molecular complexity index is 723. The summed E-state index contributed by atoms with van der Waals surface area (Å²) in [5, 5.41) is 5.95. The van der Waals surface area contributed by atoms with Gasteiger partial charge in [0.2, 0.25) is 11.8 Å². The van der Waals surface area contributed by atoms with E-state index >= 15 is 0 Å². The Kier molecular flexibility index (Phi) is 6.70. The van der Waals surface area contributed by atoms with Gasteiger partial charge < -0.3 is 15.5 Å². The highest BCUT2D eigenvalue weighted by Crippen LogP contribution is 2.26. The Morgan fingerprint density at radius 1 is 1.11 bits per heavy atom. The number of nitrogens with one attached hydrogen (secondary N) is 2. The number of amides is 3. The molecule has 1 fully saturated rings. The zero-order chi connectivity index (χ0) is 20.1. The van der Waals surface area contributed by atoms with Gasteiger partial charge in [-0.2, -0.15) is 0 Å². The van der Waals surface area contributed by atoms with Crippen LogP contribution in [0.3, 0.4) is 0 Å². The number of nitrogens with zero attached hydrogens (tertiary/aromatic N) is 1. The quantitative estimate of drug-likeness (QED) is 0.836. The van der Waals surface area contributed by atoms with Crippen LogP contribution in [0.4, 0.5) is 5.69 Å². The molecule has 3 rings (SSSR count). The van der Waals surface area contributed by atoms with Crippen LogP contribution in [0.5, 0.6) is 0 Å². The van der Waals surface area contributed by atoms with Crippen LogP contribution in [0.25, 0.3) is 0 Å². The number of rotatable bonds is 4. The lowest BCUT2D eigenvalue weighted by molar-refractivity contribution is -0.125. The van der Waals surface area contributed by atoms with Crippen LogP contribution in [-0.2, 0) is 9.59 Å². The first kappa shape index (κ1) is 20.4. The van der Waals surface area contributed by atoms with Crippen LogP contribution in [0.15, 0.2) is 24.3 Å². The van der Waals surface area contributed by atoms with E-state index in [4.69, 9.17) is 0 Å². The third kappa shape index (κ3) is 4.72. The van der Waals surface area contributed by atoms with Gasteiger partial charge in [0.15, 0.2) is 0 Å². The van der Waals surface area contributed by atoms with Gasteiger partial charge in [-0.25, -0.2) is 0 Å². The van der Waals surface area contributed by atoms with Gasteiger partial charge in [0.25, 0.3) is 5.91 Å². The van der Waals surface area contributed by atoms with Crippen molar-refractivity contribution in [2.75, 3.05) is 11.4 Å². The molecule has 1 aliphatic heterocycles. The van der Waals surface area contributed by atoms with E-state index in [1.165, 1.54) is 24.2 Å². The minimum absolute atomic E-state index is 0.0650. The Hall–Kier alpha value is -2.37. The molecule has 1 saturated carbocycles. The van der Waals surface area contributed by atoms with Crippen LogP contribution >= 0.6 is 0 Å². The molecule has 2 aliphatic rings. The Balaban J connectivity index is 1.78. The molecule has 3 amide bonds. The van der Waals surface area contributed by atoms with E-state index in [-0.39, 0.29) is 36.2 Å². The summed E-state index contributed by atoms with van der Waals surface area (Å²) in [7, 11) is 0. The van der Waals surface area contributed by atoms with Crippen molar-refractivity contribution in [2.45, 2.75) is 70.9 Å². The minimum Gasteiger partial charge on any atom is -0.352 e. The van der Waals surface area contributed by atoms with Gasteiger partial charge in [-0.1, -0.05) is 58.1 Å². The van der Waals surface area contributed by atoms with Gasteiger partial charge in [0.05, 0.1) is 11.3 Å². The third-order valence-corrected chi connectivity index (χ3v) is 5.70. The Morgan fingerprint density at radius 3 is 2.43 bits per heavy atom. The predicted molar refractivity (Wildman–Crippen MR) is 109 cm³/mol. The van der Waals surface area contributed by atoms with E-state index in [0.717, 1.165) is 25.7 Å². The van der Waals surface area contributed by atoms with E-state index < -0.39 is 6.04 Å². The highest BCUT2D eigenvalue weighted by atomic mass is 16.2. The lowest BCUT2D eigenvalue weighted by Crippen LogP contribution is -2.51. The fraction of sp³-hybridized carbons (Fsp3) is 0.591. The number of carbonyl (C=O) groups is 3. The summed E-state index contributed by atoms with van der Waals surface area (Å²) in [5.41, 5.74) is 0.929. The molecule has 1 aliphatic carbocycles. The zero-order valence-corrected chi connectivity index (χ0v) is 16.9. The molecule has 1 aromatic rings. The van der Waals surface area contributed by atoms with Gasteiger partial charge in [-0.3, -0.25) is 14.4 Å². The fourth-order valence-electron chi connectivity index (χ4n) is 4.10. The van der Waals surface area contributed by atoms with Gasteiger partial charge >= 0.3 is 0 Å². The summed E-state index contributed by atoms with van der Waals surface area (Å²) in [6, 6.07) is 6.51. The van der Waals surface area contributed by atoms with Crippen molar-refractivity contribution in [1.82, 2.24) is 10.6 Å². The molecule has 0 saturated heterocycles. The maximum Gasteiger partial charge on any atom is 0.254 e. The second-order valence-electron chi connectivity index (χ2n) is 8.25. The molecule has 6 heteroatoms. The van der Waals surface area contributed by atoms with Gasteiger partial charge in [0, 0.05) is 6.04 Å². The van der Waals surface area contributed by atoms with Crippen LogP contribution in [-0.4, -0.2) is 36.3 Å². The number of carbonyl (C=O) groups excluding carboxylic acids is 3. The summed E-state index contributed by atoms with van der Waals surface area (Å²) in [5.74, 6) is -0.737. The molecule has 0 spiro atoms. The zero-order valence-electron chi connectivity index (χ0n) is 16.9. The lowest BCUT2D eigenvalue weighted by Gasteiger charge is -2.28. The average Bonchev–Trinajstić information content (AvgIpc) is 2.74. The largest absolute Gasteiger partial charge is 0.352 e. The summed E-state index contributed by atoms with van der Waals surface area (Å²) in [6.45, 7) is 3.72. The SMILES string of the molecule is CC(C)C1NC(=O)c2ccccc2N(CC(=O)NC2CCCCCCC2)C1=O. The summed E-state index contributed by atoms with van der Waals surface area (Å²) < 4.78 is 0. The lowest BCUT2D eigenvalue weighted by atomic mass is 9.97. The molecule has 0 radical (unpaired) electrons. The van der Waals surface area contributed by atoms with Gasteiger partial charge in [-0.05, 0) is 30.9 Å². The predicted octanol–water partition coefficient (Wildman–Crippen LogP) is 3.02. The van der Waals surface area contributed by atoms with Crippen molar-refractivity contribution in [3.63, 3.8) is 0 Å². The first-order valence-electron chi connectivity index (χ1n) is 10.5. The first-order chi connectivity index (χ1) is 13.5. The summed E-state index contributed by atoms with van der Waals surface area (Å²) in [6.07, 6.45) is 7.95. The number of para-hydroxylation sites is 1. The van der Waals surface area contributed by atoms with Crippen LogP contribution in [0.2, 0.25) is 0 Å². The van der Waals surface area contributed by atoms with Crippen LogP contribution in [0, 0.1) is 5.92 Å². The van der Waals surface area contributed by atoms with Gasteiger partial charge in [0.1, 0.15) is 12.6 Å². The van der Waals surface area contributed by atoms with E-state index in [0.29, 0.717) is 11.3 Å². The molecule has 2 N–H and O–H groups in total. The first-order valence-corrected chi connectivity index (χ1v) is 10.5. The highest BCUT2D eigenvalue weighted by Gasteiger charge is 2.36. The third-order valence-electron chi connectivity index (χ3n) is 5.70. The topological polar surface area (TPSA) is 78.5 Å². The normalized spacial score (nSPS) is 21.4. The Labute approximate surface area is 167 Å². The second kappa shape index (κ2) is 9.22. The second-order valence-corrected chi connectivity index (χ2v) is 8.25. The summed E-state index contributed by atoms with van der Waals surface area (Å²) >= 11 is 0. The molecule has 0 bridgehead atoms. The molecular weight excluding hydrogens is 354 g/mol. The Morgan fingerprint density at radius 2 is 1.75 bits per heavy atom. The number of benzene rings is 1. The van der Waals surface area contributed by atoms with E-state index in [1.54, 1.807) is 24.3 Å².